The Morgan fingerprint density at radius 2 is 1.92 bits per heavy atom. The van der Waals surface area contributed by atoms with Crippen LogP contribution in [0.4, 0.5) is 5.82 Å². The highest BCUT2D eigenvalue weighted by atomic mass is 15.1. The number of fused-ring (bicyclic) bond motifs is 4. The lowest BCUT2D eigenvalue weighted by Crippen LogP contribution is -2.49. The average molecular weight is 474 g/mol. The summed E-state index contributed by atoms with van der Waals surface area (Å²) in [5, 5.41) is 10.6. The molecule has 7 rings (SSSR count). The minimum atomic E-state index is 0.0826. The summed E-state index contributed by atoms with van der Waals surface area (Å²) in [6, 6.07) is 10.6. The van der Waals surface area contributed by atoms with Crippen molar-refractivity contribution in [3.8, 4) is 11.4 Å². The van der Waals surface area contributed by atoms with E-state index < -0.39 is 0 Å². The lowest BCUT2D eigenvalue weighted by molar-refractivity contribution is 0.236. The molecular formula is C29H27N7. The Morgan fingerprint density at radius 3 is 2.75 bits per heavy atom. The van der Waals surface area contributed by atoms with E-state index in [1.807, 2.05) is 30.7 Å². The molecule has 5 heterocycles. The molecule has 7 nitrogen and oxygen atoms in total. The number of para-hydroxylation sites is 1. The van der Waals surface area contributed by atoms with Gasteiger partial charge in [-0.15, -0.1) is 0 Å². The van der Waals surface area contributed by atoms with E-state index in [-0.39, 0.29) is 11.5 Å². The van der Waals surface area contributed by atoms with Gasteiger partial charge in [-0.25, -0.2) is 15.0 Å². The first-order valence-electron chi connectivity index (χ1n) is 12.5. The highest BCUT2D eigenvalue weighted by molar-refractivity contribution is 6.12. The van der Waals surface area contributed by atoms with Gasteiger partial charge in [-0.3, -0.25) is 4.98 Å². The van der Waals surface area contributed by atoms with Crippen LogP contribution in [0.2, 0.25) is 0 Å². The van der Waals surface area contributed by atoms with Crippen LogP contribution in [0.1, 0.15) is 25.8 Å². The van der Waals surface area contributed by atoms with Crippen LogP contribution in [0.5, 0.6) is 0 Å². The van der Waals surface area contributed by atoms with Gasteiger partial charge < -0.3 is 15.6 Å². The number of piperidine rings is 1. The van der Waals surface area contributed by atoms with Gasteiger partial charge in [-0.05, 0) is 36.1 Å². The van der Waals surface area contributed by atoms with Crippen LogP contribution in [0.3, 0.4) is 0 Å². The van der Waals surface area contributed by atoms with Gasteiger partial charge in [-0.1, -0.05) is 50.3 Å². The zero-order valence-corrected chi connectivity index (χ0v) is 20.3. The third kappa shape index (κ3) is 3.31. The molecule has 36 heavy (non-hydrogen) atoms. The lowest BCUT2D eigenvalue weighted by atomic mass is 9.80. The molecular weight excluding hydrogens is 446 g/mol. The van der Waals surface area contributed by atoms with Gasteiger partial charge in [-0.2, -0.15) is 0 Å². The minimum absolute atomic E-state index is 0.0826. The maximum absolute atomic E-state index is 5.21. The summed E-state index contributed by atoms with van der Waals surface area (Å²) in [6.07, 6.45) is 12.9. The Labute approximate surface area is 208 Å². The van der Waals surface area contributed by atoms with Crippen LogP contribution in [0.25, 0.3) is 49.8 Å². The van der Waals surface area contributed by atoms with Crippen LogP contribution in [0.15, 0.2) is 67.2 Å². The van der Waals surface area contributed by atoms with Crippen molar-refractivity contribution >= 4 is 44.2 Å². The molecule has 2 aliphatic rings. The zero-order valence-electron chi connectivity index (χ0n) is 20.3. The van der Waals surface area contributed by atoms with Crippen molar-refractivity contribution in [1.82, 2.24) is 30.2 Å². The van der Waals surface area contributed by atoms with Gasteiger partial charge in [0.05, 0.1) is 17.1 Å². The lowest BCUT2D eigenvalue weighted by Gasteiger charge is -2.40. The smallest absolute Gasteiger partial charge is 0.163 e. The van der Waals surface area contributed by atoms with Crippen LogP contribution in [-0.4, -0.2) is 44.1 Å². The summed E-state index contributed by atoms with van der Waals surface area (Å²) in [4.78, 5) is 22.8. The Balaban J connectivity index is 1.47. The Hall–Kier alpha value is -4.10. The van der Waals surface area contributed by atoms with E-state index in [0.717, 1.165) is 74.9 Å². The van der Waals surface area contributed by atoms with Gasteiger partial charge in [0, 0.05) is 52.4 Å². The number of hydrogen-bond donors (Lipinski definition) is 3. The number of aromatic nitrogens is 5. The first-order chi connectivity index (χ1) is 17.6. The second kappa shape index (κ2) is 7.96. The predicted molar refractivity (Wildman–Crippen MR) is 146 cm³/mol. The molecule has 5 aromatic rings. The summed E-state index contributed by atoms with van der Waals surface area (Å²) >= 11 is 0. The monoisotopic (exact) mass is 473 g/mol. The second-order valence-corrected chi connectivity index (χ2v) is 10.4. The molecule has 1 fully saturated rings. The third-order valence-electron chi connectivity index (χ3n) is 7.56. The van der Waals surface area contributed by atoms with Crippen molar-refractivity contribution in [3.05, 3.63) is 72.7 Å². The molecule has 0 bridgehead atoms. The molecule has 3 N–H and O–H groups in total. The van der Waals surface area contributed by atoms with Gasteiger partial charge >= 0.3 is 0 Å². The first kappa shape index (κ1) is 21.2. The van der Waals surface area contributed by atoms with Crippen molar-refractivity contribution in [3.63, 3.8) is 0 Å². The van der Waals surface area contributed by atoms with Gasteiger partial charge in [0.15, 0.2) is 5.82 Å². The highest BCUT2D eigenvalue weighted by Crippen LogP contribution is 2.38. The summed E-state index contributed by atoms with van der Waals surface area (Å²) in [5.74, 6) is 1.53. The summed E-state index contributed by atoms with van der Waals surface area (Å²) in [5.41, 5.74) is 5.97. The molecule has 178 valence electrons. The fraction of sp³-hybridized carbons (Fsp3) is 0.241. The van der Waals surface area contributed by atoms with E-state index in [2.05, 4.69) is 75.9 Å². The SMILES string of the molecule is CC1(C)CNCCC1Nc1nc(-c2ccnc3[nH]c4ccccc4c23)nc2cncc(C3=CC=C3)c12. The van der Waals surface area contributed by atoms with Crippen molar-refractivity contribution < 1.29 is 0 Å². The predicted octanol–water partition coefficient (Wildman–Crippen LogP) is 5.47. The van der Waals surface area contributed by atoms with E-state index in [9.17, 15) is 0 Å². The molecule has 0 spiro atoms. The number of pyridine rings is 2. The van der Waals surface area contributed by atoms with E-state index in [1.165, 1.54) is 0 Å². The summed E-state index contributed by atoms with van der Waals surface area (Å²) < 4.78 is 0. The Bertz CT molecular complexity index is 1710. The van der Waals surface area contributed by atoms with Crippen molar-refractivity contribution in [2.24, 2.45) is 5.41 Å². The molecule has 1 atom stereocenters. The average Bonchev–Trinajstić information content (AvgIpc) is 3.23. The quantitative estimate of drug-likeness (QED) is 0.320. The fourth-order valence-corrected chi connectivity index (χ4v) is 5.46. The van der Waals surface area contributed by atoms with Crippen LogP contribution >= 0.6 is 0 Å². The zero-order chi connectivity index (χ0) is 24.3. The van der Waals surface area contributed by atoms with Crippen molar-refractivity contribution in [2.45, 2.75) is 26.3 Å². The molecule has 0 radical (unpaired) electrons. The van der Waals surface area contributed by atoms with Crippen molar-refractivity contribution in [2.75, 3.05) is 18.4 Å². The normalized spacial score (nSPS) is 18.9. The number of nitrogens with zero attached hydrogens (tertiary/aromatic N) is 4. The number of nitrogens with one attached hydrogen (secondary N) is 3. The Kier molecular flexibility index (Phi) is 4.69. The standard InChI is InChI=1S/C29H27N7/c1-29(2)16-30-12-11-23(29)35-28-25-20(17-6-5-7-17)14-31-15-22(25)34-26(36-28)19-10-13-32-27-24(19)18-8-3-4-9-21(18)33-27/h3-10,13-15,23,30H,11-12,16H2,1-2H3,(H,32,33)(H,34,35,36). The van der Waals surface area contributed by atoms with Gasteiger partial charge in [0.1, 0.15) is 11.5 Å². The fourth-order valence-electron chi connectivity index (χ4n) is 5.46. The molecule has 1 unspecified atom stereocenters. The Morgan fingerprint density at radius 1 is 1.03 bits per heavy atom. The molecule has 4 aromatic heterocycles. The number of allylic oxidation sites excluding steroid dienone is 4. The molecule has 0 saturated carbocycles. The van der Waals surface area contributed by atoms with E-state index >= 15 is 0 Å². The molecule has 7 heteroatoms. The molecule has 0 amide bonds. The number of benzene rings is 1. The summed E-state index contributed by atoms with van der Waals surface area (Å²) in [6.45, 7) is 6.56. The topological polar surface area (TPSA) is 91.4 Å². The van der Waals surface area contributed by atoms with Crippen molar-refractivity contribution in [1.29, 1.82) is 0 Å². The van der Waals surface area contributed by atoms with Crippen LogP contribution in [-0.2, 0) is 0 Å². The van der Waals surface area contributed by atoms with Crippen LogP contribution in [0, 0.1) is 5.41 Å². The number of anilines is 1. The number of rotatable bonds is 4. The van der Waals surface area contributed by atoms with E-state index in [4.69, 9.17) is 9.97 Å². The number of aromatic amines is 1. The first-order valence-corrected chi connectivity index (χ1v) is 12.5. The number of H-pyrrole nitrogens is 1. The molecule has 1 aliphatic heterocycles. The maximum atomic E-state index is 5.21. The molecule has 1 aromatic carbocycles. The highest BCUT2D eigenvalue weighted by Gasteiger charge is 2.33. The summed E-state index contributed by atoms with van der Waals surface area (Å²) in [7, 11) is 0. The van der Waals surface area contributed by atoms with Gasteiger partial charge in [0.25, 0.3) is 0 Å². The van der Waals surface area contributed by atoms with Gasteiger partial charge in [0.2, 0.25) is 0 Å². The van der Waals surface area contributed by atoms with Crippen LogP contribution < -0.4 is 10.6 Å². The largest absolute Gasteiger partial charge is 0.366 e. The van der Waals surface area contributed by atoms with E-state index in [1.54, 1.807) is 0 Å². The second-order valence-electron chi connectivity index (χ2n) is 10.4. The third-order valence-corrected chi connectivity index (χ3v) is 7.56. The maximum Gasteiger partial charge on any atom is 0.163 e. The molecule has 1 saturated heterocycles. The molecule has 1 aliphatic carbocycles. The number of hydrogen-bond acceptors (Lipinski definition) is 6. The minimum Gasteiger partial charge on any atom is -0.366 e. The van der Waals surface area contributed by atoms with E-state index in [0.29, 0.717) is 5.82 Å².